The maximum absolute atomic E-state index is 12.0. The number of benzene rings is 1. The van der Waals surface area contributed by atoms with Crippen molar-refractivity contribution < 1.29 is 9.59 Å². The monoisotopic (exact) mass is 287 g/mol. The number of amides is 2. The number of anilines is 2. The highest BCUT2D eigenvalue weighted by atomic mass is 16.2. The van der Waals surface area contributed by atoms with Crippen LogP contribution in [0.4, 0.5) is 11.4 Å². The third-order valence-corrected chi connectivity index (χ3v) is 4.15. The van der Waals surface area contributed by atoms with Crippen molar-refractivity contribution >= 4 is 23.2 Å². The number of hydrogen-bond acceptors (Lipinski definition) is 3. The molecular formula is C16H21N3O2. The Morgan fingerprint density at radius 1 is 1.43 bits per heavy atom. The first-order chi connectivity index (χ1) is 10.2. The van der Waals surface area contributed by atoms with Crippen molar-refractivity contribution in [2.75, 3.05) is 29.9 Å². The molecule has 21 heavy (non-hydrogen) atoms. The Balaban J connectivity index is 1.62. The van der Waals surface area contributed by atoms with Crippen LogP contribution in [-0.2, 0) is 9.59 Å². The number of nitrogens with one attached hydrogen (secondary N) is 2. The largest absolute Gasteiger partial charge is 0.326 e. The molecule has 5 heteroatoms. The Bertz CT molecular complexity index is 538. The van der Waals surface area contributed by atoms with Gasteiger partial charge in [0.1, 0.15) is 0 Å². The van der Waals surface area contributed by atoms with Gasteiger partial charge in [0.2, 0.25) is 11.8 Å². The molecule has 2 aliphatic heterocycles. The molecule has 0 saturated carbocycles. The van der Waals surface area contributed by atoms with Gasteiger partial charge in [0.15, 0.2) is 0 Å². The van der Waals surface area contributed by atoms with E-state index in [-0.39, 0.29) is 11.8 Å². The van der Waals surface area contributed by atoms with Gasteiger partial charge in [0.25, 0.3) is 0 Å². The van der Waals surface area contributed by atoms with E-state index in [0.29, 0.717) is 18.8 Å². The highest BCUT2D eigenvalue weighted by Gasteiger charge is 2.22. The maximum Gasteiger partial charge on any atom is 0.227 e. The predicted molar refractivity (Wildman–Crippen MR) is 82.3 cm³/mol. The van der Waals surface area contributed by atoms with Crippen LogP contribution < -0.4 is 15.5 Å². The molecule has 2 saturated heterocycles. The topological polar surface area (TPSA) is 61.4 Å². The van der Waals surface area contributed by atoms with Crippen molar-refractivity contribution in [3.05, 3.63) is 24.3 Å². The van der Waals surface area contributed by atoms with E-state index in [0.717, 1.165) is 43.9 Å². The van der Waals surface area contributed by atoms with Crippen LogP contribution in [0, 0.1) is 5.92 Å². The number of hydrogen-bond donors (Lipinski definition) is 2. The summed E-state index contributed by atoms with van der Waals surface area (Å²) in [7, 11) is 0. The van der Waals surface area contributed by atoms with Crippen LogP contribution in [0.25, 0.3) is 0 Å². The van der Waals surface area contributed by atoms with Crippen molar-refractivity contribution in [2.45, 2.75) is 25.7 Å². The van der Waals surface area contributed by atoms with E-state index in [9.17, 15) is 9.59 Å². The third-order valence-electron chi connectivity index (χ3n) is 4.15. The molecular weight excluding hydrogens is 266 g/mol. The molecule has 0 radical (unpaired) electrons. The molecule has 112 valence electrons. The summed E-state index contributed by atoms with van der Waals surface area (Å²) < 4.78 is 0. The first-order valence-electron chi connectivity index (χ1n) is 7.63. The molecule has 1 unspecified atom stereocenters. The second-order valence-electron chi connectivity index (χ2n) is 5.81. The van der Waals surface area contributed by atoms with Crippen molar-refractivity contribution in [3.8, 4) is 0 Å². The van der Waals surface area contributed by atoms with Gasteiger partial charge < -0.3 is 15.5 Å². The Hall–Kier alpha value is -1.88. The molecule has 2 heterocycles. The van der Waals surface area contributed by atoms with Crippen molar-refractivity contribution in [2.24, 2.45) is 5.92 Å². The lowest BCUT2D eigenvalue weighted by Gasteiger charge is -2.17. The van der Waals surface area contributed by atoms with Crippen LogP contribution in [0.1, 0.15) is 25.7 Å². The fraction of sp³-hybridized carbons (Fsp3) is 0.500. The lowest BCUT2D eigenvalue weighted by Crippen LogP contribution is -2.24. The summed E-state index contributed by atoms with van der Waals surface area (Å²) in [6.07, 6.45) is 3.14. The van der Waals surface area contributed by atoms with Crippen molar-refractivity contribution in [1.82, 2.24) is 5.32 Å². The molecule has 0 spiro atoms. The Morgan fingerprint density at radius 2 is 2.33 bits per heavy atom. The van der Waals surface area contributed by atoms with Crippen molar-refractivity contribution in [3.63, 3.8) is 0 Å². The second-order valence-corrected chi connectivity index (χ2v) is 5.81. The van der Waals surface area contributed by atoms with Gasteiger partial charge in [-0.25, -0.2) is 0 Å². The summed E-state index contributed by atoms with van der Waals surface area (Å²) in [5.74, 6) is 0.650. The van der Waals surface area contributed by atoms with E-state index < -0.39 is 0 Å². The molecule has 2 N–H and O–H groups in total. The molecule has 2 aliphatic rings. The summed E-state index contributed by atoms with van der Waals surface area (Å²) in [6.45, 7) is 2.70. The molecule has 0 bridgehead atoms. The van der Waals surface area contributed by atoms with E-state index in [1.807, 2.05) is 24.3 Å². The lowest BCUT2D eigenvalue weighted by molar-refractivity contribution is -0.117. The zero-order chi connectivity index (χ0) is 14.7. The summed E-state index contributed by atoms with van der Waals surface area (Å²) in [5.41, 5.74) is 1.64. The van der Waals surface area contributed by atoms with E-state index >= 15 is 0 Å². The first kappa shape index (κ1) is 14.1. The molecule has 5 nitrogen and oxygen atoms in total. The van der Waals surface area contributed by atoms with Gasteiger partial charge in [-0.1, -0.05) is 6.07 Å². The van der Waals surface area contributed by atoms with E-state index in [1.54, 1.807) is 4.90 Å². The molecule has 1 aromatic rings. The van der Waals surface area contributed by atoms with Gasteiger partial charge in [-0.3, -0.25) is 9.59 Å². The number of carbonyl (C=O) groups is 2. The third kappa shape index (κ3) is 3.42. The predicted octanol–water partition coefficient (Wildman–Crippen LogP) is 1.75. The molecule has 0 aromatic heterocycles. The van der Waals surface area contributed by atoms with Crippen LogP contribution >= 0.6 is 0 Å². The first-order valence-corrected chi connectivity index (χ1v) is 7.63. The number of nitrogens with zero attached hydrogens (tertiary/aromatic N) is 1. The van der Waals surface area contributed by atoms with Gasteiger partial charge in [-0.15, -0.1) is 0 Å². The molecule has 1 aromatic carbocycles. The zero-order valence-corrected chi connectivity index (χ0v) is 12.1. The minimum atomic E-state index is 0.0496. The lowest BCUT2D eigenvalue weighted by atomic mass is 10.0. The van der Waals surface area contributed by atoms with Gasteiger partial charge in [0.05, 0.1) is 0 Å². The van der Waals surface area contributed by atoms with Crippen LogP contribution in [-0.4, -0.2) is 31.4 Å². The van der Waals surface area contributed by atoms with E-state index in [4.69, 9.17) is 0 Å². The summed E-state index contributed by atoms with van der Waals surface area (Å²) in [6, 6.07) is 7.55. The average Bonchev–Trinajstić information content (AvgIpc) is 3.10. The summed E-state index contributed by atoms with van der Waals surface area (Å²) in [5, 5.41) is 6.21. The standard InChI is InChI=1S/C16H21N3O2/c20-15(9-12-6-7-17-11-12)18-13-3-1-4-14(10-13)19-8-2-5-16(19)21/h1,3-4,10,12,17H,2,5-9,11H2,(H,18,20). The molecule has 1 atom stereocenters. The van der Waals surface area contributed by atoms with Crippen molar-refractivity contribution in [1.29, 1.82) is 0 Å². The Labute approximate surface area is 124 Å². The maximum atomic E-state index is 12.0. The van der Waals surface area contributed by atoms with Gasteiger partial charge in [0, 0.05) is 30.8 Å². The van der Waals surface area contributed by atoms with Gasteiger partial charge >= 0.3 is 0 Å². The summed E-state index contributed by atoms with van der Waals surface area (Å²) >= 11 is 0. The fourth-order valence-corrected chi connectivity index (χ4v) is 3.04. The average molecular weight is 287 g/mol. The minimum Gasteiger partial charge on any atom is -0.326 e. The minimum absolute atomic E-state index is 0.0496. The SMILES string of the molecule is O=C(CC1CCNC1)Nc1cccc(N2CCCC2=O)c1. The van der Waals surface area contributed by atoms with Crippen LogP contribution in [0.2, 0.25) is 0 Å². The fourth-order valence-electron chi connectivity index (χ4n) is 3.04. The second kappa shape index (κ2) is 6.26. The van der Waals surface area contributed by atoms with Crippen LogP contribution in [0.15, 0.2) is 24.3 Å². The highest BCUT2D eigenvalue weighted by molar-refractivity contribution is 5.97. The van der Waals surface area contributed by atoms with Gasteiger partial charge in [-0.2, -0.15) is 0 Å². The van der Waals surface area contributed by atoms with Crippen LogP contribution in [0.3, 0.4) is 0 Å². The number of rotatable bonds is 4. The zero-order valence-electron chi connectivity index (χ0n) is 12.1. The summed E-state index contributed by atoms with van der Waals surface area (Å²) in [4.78, 5) is 25.6. The quantitative estimate of drug-likeness (QED) is 0.887. The smallest absolute Gasteiger partial charge is 0.227 e. The van der Waals surface area contributed by atoms with E-state index in [2.05, 4.69) is 10.6 Å². The van der Waals surface area contributed by atoms with Crippen LogP contribution in [0.5, 0.6) is 0 Å². The Morgan fingerprint density at radius 3 is 3.05 bits per heavy atom. The normalized spacial score (nSPS) is 21.8. The number of carbonyl (C=O) groups excluding carboxylic acids is 2. The Kier molecular flexibility index (Phi) is 4.20. The van der Waals surface area contributed by atoms with Gasteiger partial charge in [-0.05, 0) is 50.0 Å². The highest BCUT2D eigenvalue weighted by Crippen LogP contribution is 2.24. The van der Waals surface area contributed by atoms with E-state index in [1.165, 1.54) is 0 Å². The molecule has 2 fully saturated rings. The molecule has 3 rings (SSSR count). The molecule has 0 aliphatic carbocycles. The molecule has 2 amide bonds.